The SMILES string of the molecule is CC1(C)CC(=O)C(C(C2=C(O)CC(C)(C)CC2=O)c2ccccc2OCc2ccc(Cl)cc2)=C(O)C1. The minimum absolute atomic E-state index is 0.0355. The lowest BCUT2D eigenvalue weighted by molar-refractivity contribution is -0.119. The molecule has 0 saturated carbocycles. The Morgan fingerprint density at radius 2 is 1.31 bits per heavy atom. The molecule has 190 valence electrons. The molecule has 2 aromatic rings. The summed E-state index contributed by atoms with van der Waals surface area (Å²) in [4.78, 5) is 26.9. The Kier molecular flexibility index (Phi) is 7.07. The van der Waals surface area contributed by atoms with Crippen LogP contribution in [0.25, 0.3) is 0 Å². The van der Waals surface area contributed by atoms with Gasteiger partial charge in [-0.3, -0.25) is 9.59 Å². The summed E-state index contributed by atoms with van der Waals surface area (Å²) in [5.41, 5.74) is 1.03. The summed E-state index contributed by atoms with van der Waals surface area (Å²) in [6, 6.07) is 14.5. The van der Waals surface area contributed by atoms with Gasteiger partial charge in [0.25, 0.3) is 0 Å². The van der Waals surface area contributed by atoms with Crippen LogP contribution in [0.1, 0.15) is 70.4 Å². The molecule has 2 N–H and O–H groups in total. The van der Waals surface area contributed by atoms with E-state index in [0.29, 0.717) is 29.2 Å². The van der Waals surface area contributed by atoms with Crippen LogP contribution in [0.2, 0.25) is 5.02 Å². The average molecular weight is 509 g/mol. The highest BCUT2D eigenvalue weighted by molar-refractivity contribution is 6.30. The van der Waals surface area contributed by atoms with Crippen molar-refractivity contribution < 1.29 is 24.5 Å². The Hall–Kier alpha value is -3.05. The van der Waals surface area contributed by atoms with E-state index < -0.39 is 16.7 Å². The van der Waals surface area contributed by atoms with Crippen molar-refractivity contribution in [2.45, 2.75) is 65.9 Å². The van der Waals surface area contributed by atoms with Crippen molar-refractivity contribution in [1.29, 1.82) is 0 Å². The van der Waals surface area contributed by atoms with Crippen molar-refractivity contribution in [3.63, 3.8) is 0 Å². The van der Waals surface area contributed by atoms with Gasteiger partial charge in [0.05, 0.1) is 5.92 Å². The molecule has 36 heavy (non-hydrogen) atoms. The van der Waals surface area contributed by atoms with Gasteiger partial charge in [-0.2, -0.15) is 0 Å². The third-order valence-electron chi connectivity index (χ3n) is 6.91. The van der Waals surface area contributed by atoms with Crippen molar-refractivity contribution >= 4 is 23.2 Å². The molecule has 0 aliphatic heterocycles. The quantitative estimate of drug-likeness (QED) is 0.424. The number of ketones is 2. The Bertz CT molecular complexity index is 1200. The van der Waals surface area contributed by atoms with Gasteiger partial charge in [-0.25, -0.2) is 0 Å². The van der Waals surface area contributed by atoms with Gasteiger partial charge >= 0.3 is 0 Å². The first-order chi connectivity index (χ1) is 16.9. The maximum atomic E-state index is 13.5. The molecule has 0 heterocycles. The molecule has 0 saturated heterocycles. The number of para-hydroxylation sites is 1. The van der Waals surface area contributed by atoms with Crippen LogP contribution in [-0.2, 0) is 16.2 Å². The fraction of sp³-hybridized carbons (Fsp3) is 0.400. The van der Waals surface area contributed by atoms with Crippen LogP contribution in [0.4, 0.5) is 0 Å². The van der Waals surface area contributed by atoms with Crippen LogP contribution in [0.5, 0.6) is 5.75 Å². The maximum Gasteiger partial charge on any atom is 0.163 e. The van der Waals surface area contributed by atoms with E-state index in [2.05, 4.69) is 0 Å². The van der Waals surface area contributed by atoms with Crippen molar-refractivity contribution in [3.8, 4) is 5.75 Å². The number of aliphatic hydroxyl groups excluding tert-OH is 2. The summed E-state index contributed by atoms with van der Waals surface area (Å²) in [6.07, 6.45) is 1.10. The zero-order valence-electron chi connectivity index (χ0n) is 21.2. The monoisotopic (exact) mass is 508 g/mol. The summed E-state index contributed by atoms with van der Waals surface area (Å²) in [6.45, 7) is 7.98. The highest BCUT2D eigenvalue weighted by Gasteiger charge is 2.44. The highest BCUT2D eigenvalue weighted by Crippen LogP contribution is 2.49. The molecule has 0 aromatic heterocycles. The van der Waals surface area contributed by atoms with E-state index in [4.69, 9.17) is 16.3 Å². The van der Waals surface area contributed by atoms with Gasteiger partial charge in [-0.05, 0) is 34.6 Å². The van der Waals surface area contributed by atoms with Crippen LogP contribution >= 0.6 is 11.6 Å². The van der Waals surface area contributed by atoms with E-state index >= 15 is 0 Å². The van der Waals surface area contributed by atoms with Gasteiger partial charge in [0.2, 0.25) is 0 Å². The fourth-order valence-electron chi connectivity index (χ4n) is 5.31. The molecule has 5 nitrogen and oxygen atoms in total. The van der Waals surface area contributed by atoms with Gasteiger partial charge in [-0.1, -0.05) is 69.6 Å². The molecule has 0 fully saturated rings. The van der Waals surface area contributed by atoms with Gasteiger partial charge in [0.15, 0.2) is 11.6 Å². The zero-order valence-corrected chi connectivity index (χ0v) is 22.0. The second kappa shape index (κ2) is 9.78. The molecular formula is C30H33ClO5. The molecule has 4 rings (SSSR count). The molecular weight excluding hydrogens is 476 g/mol. The van der Waals surface area contributed by atoms with E-state index in [1.807, 2.05) is 45.9 Å². The number of ether oxygens (including phenoxy) is 1. The number of benzene rings is 2. The third kappa shape index (κ3) is 5.52. The number of rotatable bonds is 6. The van der Waals surface area contributed by atoms with Gasteiger partial charge in [0, 0.05) is 47.4 Å². The molecule has 2 aromatic carbocycles. The minimum Gasteiger partial charge on any atom is -0.512 e. The molecule has 2 aliphatic rings. The molecule has 0 amide bonds. The van der Waals surface area contributed by atoms with Crippen molar-refractivity contribution in [2.75, 3.05) is 0 Å². The summed E-state index contributed by atoms with van der Waals surface area (Å²) < 4.78 is 6.17. The van der Waals surface area contributed by atoms with Crippen LogP contribution < -0.4 is 4.74 Å². The standard InChI is InChI=1S/C30H33ClO5/c1-29(2)13-21(32)27(22(33)14-29)26(28-23(34)15-30(3,4)16-24(28)35)20-7-5-6-8-25(20)36-17-18-9-11-19(31)12-10-18/h5-12,26,32,34H,13-17H2,1-4H3. The molecule has 0 atom stereocenters. The lowest BCUT2D eigenvalue weighted by Gasteiger charge is -2.37. The van der Waals surface area contributed by atoms with E-state index in [1.54, 1.807) is 30.3 Å². The van der Waals surface area contributed by atoms with Crippen LogP contribution in [-0.4, -0.2) is 21.8 Å². The number of aliphatic hydroxyl groups is 2. The number of hydrogen-bond acceptors (Lipinski definition) is 5. The highest BCUT2D eigenvalue weighted by atomic mass is 35.5. The minimum atomic E-state index is -0.918. The second-order valence-corrected chi connectivity index (χ2v) is 11.9. The second-order valence-electron chi connectivity index (χ2n) is 11.5. The Morgan fingerprint density at radius 3 is 1.81 bits per heavy atom. The lowest BCUT2D eigenvalue weighted by atomic mass is 9.67. The number of halogens is 1. The van der Waals surface area contributed by atoms with Crippen LogP contribution in [0.15, 0.2) is 71.2 Å². The average Bonchev–Trinajstić information content (AvgIpc) is 2.75. The molecule has 0 spiro atoms. The van der Waals surface area contributed by atoms with Crippen molar-refractivity contribution in [1.82, 2.24) is 0 Å². The normalized spacial score (nSPS) is 19.7. The van der Waals surface area contributed by atoms with E-state index in [9.17, 15) is 19.8 Å². The Morgan fingerprint density at radius 1 is 0.806 bits per heavy atom. The summed E-state index contributed by atoms with van der Waals surface area (Å²) in [7, 11) is 0. The van der Waals surface area contributed by atoms with Gasteiger partial charge < -0.3 is 14.9 Å². The van der Waals surface area contributed by atoms with Gasteiger partial charge in [-0.15, -0.1) is 0 Å². The Balaban J connectivity index is 1.84. The first-order valence-electron chi connectivity index (χ1n) is 12.2. The third-order valence-corrected chi connectivity index (χ3v) is 7.16. The number of allylic oxidation sites excluding steroid dienone is 4. The number of hydrogen-bond donors (Lipinski definition) is 2. The van der Waals surface area contributed by atoms with Crippen molar-refractivity contribution in [3.05, 3.63) is 87.3 Å². The number of carbonyl (C=O) groups is 2. The molecule has 2 aliphatic carbocycles. The molecule has 6 heteroatoms. The topological polar surface area (TPSA) is 83.8 Å². The van der Waals surface area contributed by atoms with E-state index in [1.165, 1.54) is 0 Å². The molecule has 0 unspecified atom stereocenters. The summed E-state index contributed by atoms with van der Waals surface area (Å²) in [5.74, 6) is -0.955. The van der Waals surface area contributed by atoms with Gasteiger partial charge in [0.1, 0.15) is 23.9 Å². The van der Waals surface area contributed by atoms with E-state index in [-0.39, 0.29) is 53.7 Å². The zero-order chi connectivity index (χ0) is 26.3. The lowest BCUT2D eigenvalue weighted by Crippen LogP contribution is -2.33. The fourth-order valence-corrected chi connectivity index (χ4v) is 5.43. The van der Waals surface area contributed by atoms with Crippen LogP contribution in [0.3, 0.4) is 0 Å². The number of Topliss-reactive ketones (excluding diaryl/α,β-unsaturated/α-hetero) is 2. The van der Waals surface area contributed by atoms with E-state index in [0.717, 1.165) is 5.56 Å². The smallest absolute Gasteiger partial charge is 0.163 e. The van der Waals surface area contributed by atoms with Crippen molar-refractivity contribution in [2.24, 2.45) is 10.8 Å². The molecule has 0 bridgehead atoms. The largest absolute Gasteiger partial charge is 0.512 e. The first kappa shape index (κ1) is 26.0. The van der Waals surface area contributed by atoms with Crippen LogP contribution in [0, 0.1) is 10.8 Å². The Labute approximate surface area is 217 Å². The summed E-state index contributed by atoms with van der Waals surface area (Å²) in [5, 5.41) is 22.9. The predicted octanol–water partition coefficient (Wildman–Crippen LogP) is 7.41. The molecule has 0 radical (unpaired) electrons. The summed E-state index contributed by atoms with van der Waals surface area (Å²) >= 11 is 6.00. The maximum absolute atomic E-state index is 13.5. The first-order valence-corrected chi connectivity index (χ1v) is 12.6. The predicted molar refractivity (Wildman–Crippen MR) is 140 cm³/mol. The number of carbonyl (C=O) groups excluding carboxylic acids is 2.